The van der Waals surface area contributed by atoms with E-state index < -0.39 is 7.12 Å². The van der Waals surface area contributed by atoms with E-state index in [1.165, 1.54) is 22.3 Å². The van der Waals surface area contributed by atoms with E-state index in [1.807, 2.05) is 6.08 Å². The lowest BCUT2D eigenvalue weighted by Gasteiger charge is -2.26. The smallest absolute Gasteiger partial charge is 0.427 e. The second kappa shape index (κ2) is 3.84. The number of hydrogen-bond donors (Lipinski definition) is 2. The van der Waals surface area contributed by atoms with Crippen molar-refractivity contribution in [2.24, 2.45) is 0 Å². The van der Waals surface area contributed by atoms with Crippen LogP contribution in [0, 0.1) is 0 Å². The summed E-state index contributed by atoms with van der Waals surface area (Å²) in [5.41, 5.74) is 5.08. The predicted molar refractivity (Wildman–Crippen MR) is 74.1 cm³/mol. The summed E-state index contributed by atoms with van der Waals surface area (Å²) in [7, 11) is -1.27. The van der Waals surface area contributed by atoms with Crippen molar-refractivity contribution < 1.29 is 10.0 Å². The van der Waals surface area contributed by atoms with Gasteiger partial charge in [-0.3, -0.25) is 0 Å². The van der Waals surface area contributed by atoms with Crippen molar-refractivity contribution >= 4 is 12.7 Å². The summed E-state index contributed by atoms with van der Waals surface area (Å²) in [5, 5.41) is 18.7. The van der Waals surface area contributed by atoms with Crippen LogP contribution in [-0.2, 0) is 5.41 Å². The molecule has 2 aliphatic carbocycles. The quantitative estimate of drug-likeness (QED) is 0.740. The van der Waals surface area contributed by atoms with Crippen LogP contribution in [0.15, 0.2) is 42.0 Å². The van der Waals surface area contributed by atoms with Crippen LogP contribution in [-0.4, -0.2) is 17.2 Å². The maximum atomic E-state index is 9.37. The van der Waals surface area contributed by atoms with Crippen LogP contribution in [0.2, 0.25) is 5.82 Å². The third kappa shape index (κ3) is 1.51. The Bertz CT molecular complexity index is 555. The number of rotatable bonds is 1. The molecule has 1 atom stereocenters. The first kappa shape index (κ1) is 11.8. The number of benzene rings is 1. The van der Waals surface area contributed by atoms with Gasteiger partial charge in [0.05, 0.1) is 0 Å². The summed E-state index contributed by atoms with van der Waals surface area (Å²) >= 11 is 0. The van der Waals surface area contributed by atoms with Crippen LogP contribution in [0.5, 0.6) is 0 Å². The van der Waals surface area contributed by atoms with Crippen molar-refractivity contribution in [3.05, 3.63) is 53.1 Å². The summed E-state index contributed by atoms with van der Waals surface area (Å²) in [6.45, 7) is 4.40. The maximum absolute atomic E-state index is 9.37. The molecule has 2 nitrogen and oxygen atoms in total. The molecule has 0 saturated heterocycles. The third-order valence-corrected chi connectivity index (χ3v) is 4.21. The van der Waals surface area contributed by atoms with Gasteiger partial charge in [0.25, 0.3) is 0 Å². The highest BCUT2D eigenvalue weighted by molar-refractivity contribution is 6.44. The minimum Gasteiger partial charge on any atom is -0.427 e. The van der Waals surface area contributed by atoms with Crippen LogP contribution < -0.4 is 0 Å². The van der Waals surface area contributed by atoms with Gasteiger partial charge in [-0.25, -0.2) is 0 Å². The summed E-state index contributed by atoms with van der Waals surface area (Å²) < 4.78 is 0. The molecule has 0 aromatic heterocycles. The van der Waals surface area contributed by atoms with Gasteiger partial charge in [-0.15, -0.1) is 0 Å². The van der Waals surface area contributed by atoms with Crippen LogP contribution >= 0.6 is 0 Å². The van der Waals surface area contributed by atoms with E-state index in [9.17, 15) is 10.0 Å². The molecule has 0 aliphatic heterocycles. The lowest BCUT2D eigenvalue weighted by molar-refractivity contribution is 0.393. The second-order valence-corrected chi connectivity index (χ2v) is 5.68. The molecule has 1 unspecified atom stereocenters. The Morgan fingerprint density at radius 2 is 1.94 bits per heavy atom. The highest BCUT2D eigenvalue weighted by Crippen LogP contribution is 2.52. The van der Waals surface area contributed by atoms with E-state index in [1.54, 1.807) is 0 Å². The molecule has 0 amide bonds. The second-order valence-electron chi connectivity index (χ2n) is 5.68. The van der Waals surface area contributed by atoms with Gasteiger partial charge in [-0.05, 0) is 28.7 Å². The standard InChI is InChI=1S/C15H17BO2/c1-15(2)13-6-4-3-5-11(13)12-8-7-10(16(17)18)9-14(12)15/h3-6,8-10,17-18H,7H2,1-2H3. The first-order valence-electron chi connectivity index (χ1n) is 6.40. The van der Waals surface area contributed by atoms with E-state index in [0.29, 0.717) is 6.42 Å². The van der Waals surface area contributed by atoms with E-state index in [-0.39, 0.29) is 11.2 Å². The average Bonchev–Trinajstić information content (AvgIpc) is 2.59. The molecule has 3 heteroatoms. The van der Waals surface area contributed by atoms with E-state index in [0.717, 1.165) is 0 Å². The molecule has 3 rings (SSSR count). The first-order chi connectivity index (χ1) is 8.51. The van der Waals surface area contributed by atoms with Crippen molar-refractivity contribution in [1.82, 2.24) is 0 Å². The minimum atomic E-state index is -1.27. The Morgan fingerprint density at radius 3 is 2.67 bits per heavy atom. The minimum absolute atomic E-state index is 0.0456. The molecule has 1 aromatic rings. The van der Waals surface area contributed by atoms with Crippen LogP contribution in [0.1, 0.15) is 31.4 Å². The summed E-state index contributed by atoms with van der Waals surface area (Å²) in [5.74, 6) is -0.183. The largest absolute Gasteiger partial charge is 0.459 e. The average molecular weight is 240 g/mol. The van der Waals surface area contributed by atoms with Gasteiger partial charge in [0, 0.05) is 11.2 Å². The van der Waals surface area contributed by atoms with Crippen molar-refractivity contribution in [1.29, 1.82) is 0 Å². The van der Waals surface area contributed by atoms with Crippen LogP contribution in [0.25, 0.3) is 5.57 Å². The van der Waals surface area contributed by atoms with Gasteiger partial charge in [0.1, 0.15) is 0 Å². The van der Waals surface area contributed by atoms with Crippen LogP contribution in [0.3, 0.4) is 0 Å². The van der Waals surface area contributed by atoms with Crippen molar-refractivity contribution in [2.45, 2.75) is 31.5 Å². The lowest BCUT2D eigenvalue weighted by Crippen LogP contribution is -2.23. The zero-order valence-corrected chi connectivity index (χ0v) is 10.7. The normalized spacial score (nSPS) is 23.9. The lowest BCUT2D eigenvalue weighted by atomic mass is 9.66. The van der Waals surface area contributed by atoms with Crippen molar-refractivity contribution in [3.63, 3.8) is 0 Å². The molecule has 2 aliphatic rings. The van der Waals surface area contributed by atoms with Gasteiger partial charge in [0.15, 0.2) is 0 Å². The molecule has 92 valence electrons. The highest BCUT2D eigenvalue weighted by Gasteiger charge is 2.40. The topological polar surface area (TPSA) is 40.5 Å². The molecule has 0 spiro atoms. The van der Waals surface area contributed by atoms with Crippen LogP contribution in [0.4, 0.5) is 0 Å². The Labute approximate surface area is 108 Å². The summed E-state index contributed by atoms with van der Waals surface area (Å²) in [6.07, 6.45) is 4.88. The van der Waals surface area contributed by atoms with Gasteiger partial charge in [0.2, 0.25) is 0 Å². The molecular formula is C15H17BO2. The zero-order chi connectivity index (χ0) is 12.9. The molecule has 0 heterocycles. The Hall–Kier alpha value is -1.32. The molecule has 0 radical (unpaired) electrons. The Morgan fingerprint density at radius 1 is 1.22 bits per heavy atom. The Kier molecular flexibility index (Phi) is 2.51. The SMILES string of the molecule is CC1(C)C2=CC(B(O)O)CC=C2c2ccccc21. The molecule has 2 N–H and O–H groups in total. The van der Waals surface area contributed by atoms with Gasteiger partial charge in [-0.1, -0.05) is 50.3 Å². The van der Waals surface area contributed by atoms with Gasteiger partial charge < -0.3 is 10.0 Å². The van der Waals surface area contributed by atoms with Gasteiger partial charge in [-0.2, -0.15) is 0 Å². The molecule has 0 fully saturated rings. The predicted octanol–water partition coefficient (Wildman–Crippen LogP) is 2.53. The first-order valence-corrected chi connectivity index (χ1v) is 6.40. The molecule has 18 heavy (non-hydrogen) atoms. The highest BCUT2D eigenvalue weighted by atomic mass is 16.4. The fourth-order valence-electron chi connectivity index (χ4n) is 3.15. The number of fused-ring (bicyclic) bond motifs is 3. The van der Waals surface area contributed by atoms with Crippen molar-refractivity contribution in [3.8, 4) is 0 Å². The maximum Gasteiger partial charge on any atom is 0.459 e. The molecule has 1 aromatic carbocycles. The number of allylic oxidation sites excluding steroid dienone is 4. The van der Waals surface area contributed by atoms with Gasteiger partial charge >= 0.3 is 7.12 Å². The zero-order valence-electron chi connectivity index (χ0n) is 10.7. The Balaban J connectivity index is 2.16. The molecular weight excluding hydrogens is 223 g/mol. The summed E-state index contributed by atoms with van der Waals surface area (Å²) in [6, 6.07) is 8.45. The monoisotopic (exact) mass is 240 g/mol. The molecule has 0 saturated carbocycles. The van der Waals surface area contributed by atoms with Crippen molar-refractivity contribution in [2.75, 3.05) is 0 Å². The molecule has 0 bridgehead atoms. The third-order valence-electron chi connectivity index (χ3n) is 4.21. The van der Waals surface area contributed by atoms with E-state index >= 15 is 0 Å². The van der Waals surface area contributed by atoms with E-state index in [2.05, 4.69) is 44.2 Å². The fraction of sp³-hybridized carbons (Fsp3) is 0.333. The fourth-order valence-corrected chi connectivity index (χ4v) is 3.15. The summed E-state index contributed by atoms with van der Waals surface area (Å²) in [4.78, 5) is 0. The number of hydrogen-bond acceptors (Lipinski definition) is 2. The van der Waals surface area contributed by atoms with E-state index in [4.69, 9.17) is 0 Å².